The second-order valence-corrected chi connectivity index (χ2v) is 6.26. The molecule has 0 aliphatic rings. The van der Waals surface area contributed by atoms with Gasteiger partial charge in [0, 0.05) is 0 Å². The fourth-order valence-corrected chi connectivity index (χ4v) is 3.19. The fraction of sp³-hybridized carbons (Fsp3) is 0.143. The molecule has 0 radical (unpaired) electrons. The van der Waals surface area contributed by atoms with Crippen molar-refractivity contribution in [2.75, 3.05) is 10.5 Å². The monoisotopic (exact) mass is 294 g/mol. The van der Waals surface area contributed by atoms with E-state index in [0.717, 1.165) is 11.6 Å². The van der Waals surface area contributed by atoms with Crippen molar-refractivity contribution in [1.29, 1.82) is 0 Å². The van der Waals surface area contributed by atoms with Crippen LogP contribution in [0.4, 0.5) is 15.8 Å². The van der Waals surface area contributed by atoms with Crippen molar-refractivity contribution in [2.24, 2.45) is 0 Å². The van der Waals surface area contributed by atoms with Gasteiger partial charge in [-0.1, -0.05) is 12.1 Å². The van der Waals surface area contributed by atoms with E-state index in [9.17, 15) is 12.8 Å². The number of aryl methyl sites for hydroxylation is 2. The molecule has 0 saturated heterocycles. The van der Waals surface area contributed by atoms with Crippen molar-refractivity contribution >= 4 is 21.4 Å². The zero-order chi connectivity index (χ0) is 14.9. The van der Waals surface area contributed by atoms with Gasteiger partial charge in [-0.2, -0.15) is 0 Å². The molecule has 2 aromatic carbocycles. The average molecular weight is 294 g/mol. The van der Waals surface area contributed by atoms with Crippen LogP contribution in [0.25, 0.3) is 0 Å². The van der Waals surface area contributed by atoms with Crippen LogP contribution in [0.2, 0.25) is 0 Å². The number of nitrogens with one attached hydrogen (secondary N) is 1. The van der Waals surface area contributed by atoms with E-state index in [0.29, 0.717) is 5.56 Å². The van der Waals surface area contributed by atoms with Crippen LogP contribution < -0.4 is 10.5 Å². The standard InChI is InChI=1S/C14H15FN2O2S/c1-9-3-4-10(2)14(7-9)20(18,19)17-11-5-6-12(15)13(16)8-11/h3-8,17H,16H2,1-2H3. The van der Waals surface area contributed by atoms with Crippen LogP contribution >= 0.6 is 0 Å². The molecule has 6 heteroatoms. The lowest BCUT2D eigenvalue weighted by Gasteiger charge is -2.11. The Morgan fingerprint density at radius 3 is 2.45 bits per heavy atom. The van der Waals surface area contributed by atoms with Gasteiger partial charge in [-0.15, -0.1) is 0 Å². The SMILES string of the molecule is Cc1ccc(C)c(S(=O)(=O)Nc2ccc(F)c(N)c2)c1. The number of hydrogen-bond donors (Lipinski definition) is 2. The molecule has 4 nitrogen and oxygen atoms in total. The fourth-order valence-electron chi connectivity index (χ4n) is 1.81. The van der Waals surface area contributed by atoms with Crippen LogP contribution in [0.5, 0.6) is 0 Å². The lowest BCUT2D eigenvalue weighted by atomic mass is 10.2. The molecular weight excluding hydrogens is 279 g/mol. The second-order valence-electron chi connectivity index (χ2n) is 4.61. The topological polar surface area (TPSA) is 72.2 Å². The summed E-state index contributed by atoms with van der Waals surface area (Å²) in [7, 11) is -3.72. The first-order valence-corrected chi connectivity index (χ1v) is 7.43. The number of hydrogen-bond acceptors (Lipinski definition) is 3. The smallest absolute Gasteiger partial charge is 0.262 e. The number of nitrogens with two attached hydrogens (primary N) is 1. The van der Waals surface area contributed by atoms with E-state index in [-0.39, 0.29) is 16.3 Å². The normalized spacial score (nSPS) is 11.3. The molecule has 0 spiro atoms. The minimum atomic E-state index is -3.72. The van der Waals surface area contributed by atoms with E-state index in [1.54, 1.807) is 19.1 Å². The maximum atomic E-state index is 13.1. The Kier molecular flexibility index (Phi) is 3.67. The van der Waals surface area contributed by atoms with Gasteiger partial charge >= 0.3 is 0 Å². The highest BCUT2D eigenvalue weighted by molar-refractivity contribution is 7.92. The molecule has 0 atom stereocenters. The molecule has 0 aliphatic heterocycles. The predicted octanol–water partition coefficient (Wildman–Crippen LogP) is 2.83. The van der Waals surface area contributed by atoms with Crippen LogP contribution in [-0.4, -0.2) is 8.42 Å². The first-order chi connectivity index (χ1) is 9.29. The number of nitrogen functional groups attached to an aromatic ring is 1. The number of halogens is 1. The largest absolute Gasteiger partial charge is 0.396 e. The summed E-state index contributed by atoms with van der Waals surface area (Å²) >= 11 is 0. The molecule has 0 amide bonds. The van der Waals surface area contributed by atoms with Crippen molar-refractivity contribution in [3.05, 3.63) is 53.3 Å². The molecule has 3 N–H and O–H groups in total. The number of sulfonamides is 1. The van der Waals surface area contributed by atoms with E-state index >= 15 is 0 Å². The molecule has 0 bridgehead atoms. The first kappa shape index (κ1) is 14.3. The molecule has 0 heterocycles. The van der Waals surface area contributed by atoms with Gasteiger partial charge < -0.3 is 5.73 Å². The van der Waals surface area contributed by atoms with Gasteiger partial charge in [-0.25, -0.2) is 12.8 Å². The van der Waals surface area contributed by atoms with Crippen LogP contribution in [0.15, 0.2) is 41.3 Å². The Bertz CT molecular complexity index is 758. The molecule has 0 aromatic heterocycles. The minimum Gasteiger partial charge on any atom is -0.396 e. The molecule has 20 heavy (non-hydrogen) atoms. The van der Waals surface area contributed by atoms with Crippen LogP contribution in [0, 0.1) is 19.7 Å². The van der Waals surface area contributed by atoms with E-state index < -0.39 is 15.8 Å². The zero-order valence-corrected chi connectivity index (χ0v) is 12.0. The highest BCUT2D eigenvalue weighted by atomic mass is 32.2. The van der Waals surface area contributed by atoms with Gasteiger partial charge in [0.05, 0.1) is 16.3 Å². The molecular formula is C14H15FN2O2S. The molecule has 106 valence electrons. The predicted molar refractivity (Wildman–Crippen MR) is 77.5 cm³/mol. The molecule has 2 aromatic rings. The second kappa shape index (κ2) is 5.13. The van der Waals surface area contributed by atoms with Crippen LogP contribution in [0.3, 0.4) is 0 Å². The summed E-state index contributed by atoms with van der Waals surface area (Å²) in [4.78, 5) is 0.195. The summed E-state index contributed by atoms with van der Waals surface area (Å²) in [5.41, 5.74) is 7.02. The average Bonchev–Trinajstić information content (AvgIpc) is 2.36. The minimum absolute atomic E-state index is 0.105. The van der Waals surface area contributed by atoms with E-state index in [2.05, 4.69) is 4.72 Å². The molecule has 0 unspecified atom stereocenters. The number of anilines is 2. The summed E-state index contributed by atoms with van der Waals surface area (Å²) in [6, 6.07) is 8.86. The Morgan fingerprint density at radius 2 is 1.80 bits per heavy atom. The van der Waals surface area contributed by atoms with Crippen molar-refractivity contribution in [3.8, 4) is 0 Å². The van der Waals surface area contributed by atoms with Gasteiger partial charge in [-0.05, 0) is 49.2 Å². The lowest BCUT2D eigenvalue weighted by molar-refractivity contribution is 0.600. The van der Waals surface area contributed by atoms with Gasteiger partial charge in [0.1, 0.15) is 5.82 Å². The van der Waals surface area contributed by atoms with Crippen molar-refractivity contribution in [2.45, 2.75) is 18.7 Å². The Hall–Kier alpha value is -2.08. The summed E-state index contributed by atoms with van der Waals surface area (Å²) in [5.74, 6) is -0.584. The van der Waals surface area contributed by atoms with E-state index in [4.69, 9.17) is 5.73 Å². The number of benzene rings is 2. The Labute approximate surface area is 117 Å². The summed E-state index contributed by atoms with van der Waals surface area (Å²) in [6.45, 7) is 3.53. The third kappa shape index (κ3) is 2.91. The highest BCUT2D eigenvalue weighted by Crippen LogP contribution is 2.22. The molecule has 2 rings (SSSR count). The third-order valence-corrected chi connectivity index (χ3v) is 4.40. The maximum absolute atomic E-state index is 13.1. The van der Waals surface area contributed by atoms with E-state index in [1.807, 2.05) is 13.0 Å². The van der Waals surface area contributed by atoms with Crippen LogP contribution in [-0.2, 0) is 10.0 Å². The van der Waals surface area contributed by atoms with Crippen molar-refractivity contribution in [3.63, 3.8) is 0 Å². The molecule has 0 fully saturated rings. The Morgan fingerprint density at radius 1 is 1.10 bits per heavy atom. The summed E-state index contributed by atoms with van der Waals surface area (Å²) in [5, 5.41) is 0. The van der Waals surface area contributed by atoms with Gasteiger partial charge in [0.15, 0.2) is 0 Å². The summed E-state index contributed by atoms with van der Waals surface area (Å²) < 4.78 is 40.1. The highest BCUT2D eigenvalue weighted by Gasteiger charge is 2.17. The van der Waals surface area contributed by atoms with Gasteiger partial charge in [0.25, 0.3) is 10.0 Å². The third-order valence-electron chi connectivity index (χ3n) is 2.88. The molecule has 0 saturated carbocycles. The van der Waals surface area contributed by atoms with Crippen molar-refractivity contribution < 1.29 is 12.8 Å². The lowest BCUT2D eigenvalue weighted by Crippen LogP contribution is -2.14. The van der Waals surface area contributed by atoms with Gasteiger partial charge in [-0.3, -0.25) is 4.72 Å². The number of rotatable bonds is 3. The maximum Gasteiger partial charge on any atom is 0.262 e. The quantitative estimate of drug-likeness (QED) is 0.855. The van der Waals surface area contributed by atoms with Crippen LogP contribution in [0.1, 0.15) is 11.1 Å². The molecule has 0 aliphatic carbocycles. The summed E-state index contributed by atoms with van der Waals surface area (Å²) in [6.07, 6.45) is 0. The first-order valence-electron chi connectivity index (χ1n) is 5.95. The zero-order valence-electron chi connectivity index (χ0n) is 11.1. The van der Waals surface area contributed by atoms with Gasteiger partial charge in [0.2, 0.25) is 0 Å². The van der Waals surface area contributed by atoms with Crippen molar-refractivity contribution in [1.82, 2.24) is 0 Å². The van der Waals surface area contributed by atoms with E-state index in [1.165, 1.54) is 12.1 Å². The Balaban J connectivity index is 2.40.